The average molecular weight is 415 g/mol. The molecule has 2 heterocycles. The number of benzene rings is 3. The van der Waals surface area contributed by atoms with E-state index >= 15 is 0 Å². The summed E-state index contributed by atoms with van der Waals surface area (Å²) in [6, 6.07) is 21.2. The highest BCUT2D eigenvalue weighted by atomic mass is 19.1. The second-order valence-corrected chi connectivity index (χ2v) is 7.28. The molecule has 31 heavy (non-hydrogen) atoms. The van der Waals surface area contributed by atoms with Gasteiger partial charge in [-0.05, 0) is 54.1 Å². The molecule has 2 unspecified atom stereocenters. The first-order chi connectivity index (χ1) is 15.1. The molecule has 0 N–H and O–H groups in total. The van der Waals surface area contributed by atoms with E-state index in [1.807, 2.05) is 30.3 Å². The van der Waals surface area contributed by atoms with Gasteiger partial charge in [-0.1, -0.05) is 30.3 Å². The van der Waals surface area contributed by atoms with Crippen LogP contribution in [0.1, 0.15) is 5.56 Å². The topological polar surface area (TPSA) is 62.2 Å². The van der Waals surface area contributed by atoms with Gasteiger partial charge in [0.25, 0.3) is 5.91 Å². The first-order valence-electron chi connectivity index (χ1n) is 9.79. The molecule has 3 aromatic carbocycles. The number of imide groups is 1. The number of methoxy groups -OCH3 is 1. The molecule has 2 aliphatic rings. The van der Waals surface area contributed by atoms with Gasteiger partial charge in [-0.15, -0.1) is 0 Å². The molecule has 0 spiro atoms. The van der Waals surface area contributed by atoms with E-state index in [1.165, 1.54) is 18.2 Å². The zero-order valence-electron chi connectivity index (χ0n) is 16.6. The molecule has 0 saturated carbocycles. The summed E-state index contributed by atoms with van der Waals surface area (Å²) in [4.78, 5) is 27.8. The fourth-order valence-electron chi connectivity index (χ4n) is 4.08. The zero-order valence-corrected chi connectivity index (χ0v) is 16.6. The summed E-state index contributed by atoms with van der Waals surface area (Å²) in [6.45, 7) is 0. The van der Waals surface area contributed by atoms with Gasteiger partial charge in [0, 0.05) is 0 Å². The summed E-state index contributed by atoms with van der Waals surface area (Å²) in [5.41, 5.74) is 1.80. The van der Waals surface area contributed by atoms with E-state index in [0.29, 0.717) is 22.7 Å². The van der Waals surface area contributed by atoms with Crippen LogP contribution >= 0.6 is 0 Å². The molecule has 5 rings (SSSR count). The first kappa shape index (κ1) is 19.0. The number of carbonyl (C=O) groups is 2. The summed E-state index contributed by atoms with van der Waals surface area (Å²) in [7, 11) is 1.57. The highest BCUT2D eigenvalue weighted by molar-refractivity contribution is 6.34. The van der Waals surface area contributed by atoms with Gasteiger partial charge in [-0.2, -0.15) is 5.10 Å². The number of fused-ring (bicyclic) bond motifs is 1. The SMILES string of the molecule is COc1ccc(C2=NN(c3ccccc3)C3C(=O)N(c4ccccc4F)C(=O)C23)cc1. The van der Waals surface area contributed by atoms with Crippen molar-refractivity contribution in [2.45, 2.75) is 6.04 Å². The van der Waals surface area contributed by atoms with Crippen LogP contribution in [0.3, 0.4) is 0 Å². The molecule has 1 fully saturated rings. The number of anilines is 2. The average Bonchev–Trinajstić information content (AvgIpc) is 3.32. The quantitative estimate of drug-likeness (QED) is 0.611. The van der Waals surface area contributed by atoms with Crippen LogP contribution in [0.5, 0.6) is 5.75 Å². The molecule has 7 heteroatoms. The van der Waals surface area contributed by atoms with Crippen LogP contribution in [0.15, 0.2) is 84.0 Å². The van der Waals surface area contributed by atoms with Crippen molar-refractivity contribution in [1.29, 1.82) is 0 Å². The molecule has 0 radical (unpaired) electrons. The molecular weight excluding hydrogens is 397 g/mol. The molecule has 0 aromatic heterocycles. The number of rotatable bonds is 4. The predicted molar refractivity (Wildman–Crippen MR) is 115 cm³/mol. The maximum Gasteiger partial charge on any atom is 0.260 e. The van der Waals surface area contributed by atoms with Gasteiger partial charge in [-0.3, -0.25) is 14.6 Å². The van der Waals surface area contributed by atoms with Crippen LogP contribution in [0.25, 0.3) is 0 Å². The Balaban J connectivity index is 1.63. The van der Waals surface area contributed by atoms with Crippen molar-refractivity contribution in [3.05, 3.63) is 90.2 Å². The fraction of sp³-hybridized carbons (Fsp3) is 0.125. The van der Waals surface area contributed by atoms with E-state index in [0.717, 1.165) is 4.90 Å². The standard InChI is InChI=1S/C24H18FN3O3/c1-31-17-13-11-15(12-14-17)21-20-22(28(26-21)16-7-3-2-4-8-16)24(30)27(23(20)29)19-10-6-5-9-18(19)25/h2-14,20,22H,1H3. The van der Waals surface area contributed by atoms with Gasteiger partial charge in [0.2, 0.25) is 5.91 Å². The summed E-state index contributed by atoms with van der Waals surface area (Å²) in [5, 5.41) is 6.23. The van der Waals surface area contributed by atoms with Crippen LogP contribution in [-0.4, -0.2) is 30.7 Å². The Morgan fingerprint density at radius 2 is 1.55 bits per heavy atom. The molecule has 154 valence electrons. The molecule has 0 bridgehead atoms. The summed E-state index contributed by atoms with van der Waals surface area (Å²) >= 11 is 0. The second-order valence-electron chi connectivity index (χ2n) is 7.28. The molecule has 6 nitrogen and oxygen atoms in total. The smallest absolute Gasteiger partial charge is 0.260 e. The Labute approximate surface area is 178 Å². The minimum Gasteiger partial charge on any atom is -0.497 e. The Morgan fingerprint density at radius 1 is 0.871 bits per heavy atom. The predicted octanol–water partition coefficient (Wildman–Crippen LogP) is 3.62. The minimum atomic E-state index is -0.883. The monoisotopic (exact) mass is 415 g/mol. The Morgan fingerprint density at radius 3 is 2.23 bits per heavy atom. The zero-order chi connectivity index (χ0) is 21.5. The van der Waals surface area contributed by atoms with Crippen molar-refractivity contribution in [3.63, 3.8) is 0 Å². The van der Waals surface area contributed by atoms with Crippen LogP contribution < -0.4 is 14.6 Å². The number of hydrogen-bond acceptors (Lipinski definition) is 5. The Kier molecular flexibility index (Phi) is 4.51. The van der Waals surface area contributed by atoms with E-state index < -0.39 is 29.6 Å². The lowest BCUT2D eigenvalue weighted by Gasteiger charge is -2.22. The van der Waals surface area contributed by atoms with Crippen molar-refractivity contribution in [2.24, 2.45) is 11.0 Å². The maximum atomic E-state index is 14.5. The fourth-order valence-corrected chi connectivity index (χ4v) is 4.08. The van der Waals surface area contributed by atoms with E-state index in [-0.39, 0.29) is 5.69 Å². The molecule has 0 aliphatic carbocycles. The highest BCUT2D eigenvalue weighted by Gasteiger charge is 2.57. The number of hydrogen-bond donors (Lipinski definition) is 0. The molecule has 2 atom stereocenters. The van der Waals surface area contributed by atoms with Gasteiger partial charge >= 0.3 is 0 Å². The van der Waals surface area contributed by atoms with Crippen molar-refractivity contribution in [3.8, 4) is 5.75 Å². The van der Waals surface area contributed by atoms with Gasteiger partial charge in [0.05, 0.1) is 24.2 Å². The number of para-hydroxylation sites is 2. The van der Waals surface area contributed by atoms with E-state index in [1.54, 1.807) is 42.5 Å². The highest BCUT2D eigenvalue weighted by Crippen LogP contribution is 2.39. The summed E-state index contributed by atoms with van der Waals surface area (Å²) < 4.78 is 19.7. The lowest BCUT2D eigenvalue weighted by Crippen LogP contribution is -2.39. The van der Waals surface area contributed by atoms with Crippen molar-refractivity contribution >= 4 is 28.9 Å². The maximum absolute atomic E-state index is 14.5. The Bertz CT molecular complexity index is 1190. The number of ether oxygens (including phenoxy) is 1. The van der Waals surface area contributed by atoms with Crippen molar-refractivity contribution < 1.29 is 18.7 Å². The number of nitrogens with zero attached hydrogens (tertiary/aromatic N) is 3. The number of halogens is 1. The molecular formula is C24H18FN3O3. The number of hydrazone groups is 1. The first-order valence-corrected chi connectivity index (χ1v) is 9.79. The van der Waals surface area contributed by atoms with Crippen LogP contribution in [0.2, 0.25) is 0 Å². The minimum absolute atomic E-state index is 0.0472. The van der Waals surface area contributed by atoms with Gasteiger partial charge < -0.3 is 4.74 Å². The third kappa shape index (κ3) is 2.97. The van der Waals surface area contributed by atoms with Crippen molar-refractivity contribution in [2.75, 3.05) is 17.0 Å². The van der Waals surface area contributed by atoms with E-state index in [2.05, 4.69) is 5.10 Å². The van der Waals surface area contributed by atoms with Gasteiger partial charge in [-0.25, -0.2) is 9.29 Å². The summed E-state index contributed by atoms with van der Waals surface area (Å²) in [6.07, 6.45) is 0. The van der Waals surface area contributed by atoms with E-state index in [4.69, 9.17) is 4.74 Å². The lowest BCUT2D eigenvalue weighted by molar-refractivity contribution is -0.121. The lowest BCUT2D eigenvalue weighted by atomic mass is 9.92. The van der Waals surface area contributed by atoms with Crippen LogP contribution in [-0.2, 0) is 9.59 Å². The van der Waals surface area contributed by atoms with Gasteiger partial charge in [0.15, 0.2) is 0 Å². The number of amides is 2. The van der Waals surface area contributed by atoms with Crippen LogP contribution in [0.4, 0.5) is 15.8 Å². The van der Waals surface area contributed by atoms with Crippen molar-refractivity contribution in [1.82, 2.24) is 0 Å². The normalized spacial score (nSPS) is 20.1. The molecule has 1 saturated heterocycles. The molecule has 3 aromatic rings. The summed E-state index contributed by atoms with van der Waals surface area (Å²) in [5.74, 6) is -1.80. The third-order valence-corrected chi connectivity index (χ3v) is 5.55. The second kappa shape index (κ2) is 7.36. The molecule has 2 amide bonds. The third-order valence-electron chi connectivity index (χ3n) is 5.55. The number of carbonyl (C=O) groups excluding carboxylic acids is 2. The Hall–Kier alpha value is -4.00. The van der Waals surface area contributed by atoms with E-state index in [9.17, 15) is 14.0 Å². The largest absolute Gasteiger partial charge is 0.497 e. The van der Waals surface area contributed by atoms with Crippen LogP contribution in [0, 0.1) is 11.7 Å². The molecule has 2 aliphatic heterocycles. The van der Waals surface area contributed by atoms with Gasteiger partial charge in [0.1, 0.15) is 23.5 Å².